The van der Waals surface area contributed by atoms with Crippen molar-refractivity contribution in [1.29, 1.82) is 0 Å². The Balaban J connectivity index is 1.57. The van der Waals surface area contributed by atoms with Gasteiger partial charge in [0.1, 0.15) is 6.54 Å². The summed E-state index contributed by atoms with van der Waals surface area (Å²) in [5, 5.41) is 2.36. The third-order valence-corrected chi connectivity index (χ3v) is 4.76. The molecule has 134 valence electrons. The van der Waals surface area contributed by atoms with Crippen LogP contribution in [-0.4, -0.2) is 18.3 Å². The van der Waals surface area contributed by atoms with Crippen LogP contribution in [0.2, 0.25) is 0 Å². The molecular weight excluding hydrogens is 312 g/mol. The summed E-state index contributed by atoms with van der Waals surface area (Å²) in [6.45, 7) is 6.98. The van der Waals surface area contributed by atoms with Gasteiger partial charge in [-0.25, -0.2) is 0 Å². The number of benzene rings is 1. The summed E-state index contributed by atoms with van der Waals surface area (Å²) in [6.07, 6.45) is 5.49. The Morgan fingerprint density at radius 3 is 2.72 bits per heavy atom. The Labute approximate surface area is 150 Å². The normalized spacial score (nSPS) is 14.0. The second-order valence-corrected chi connectivity index (χ2v) is 7.17. The maximum atomic E-state index is 5.56. The summed E-state index contributed by atoms with van der Waals surface area (Å²) >= 11 is 0. The van der Waals surface area contributed by atoms with Gasteiger partial charge in [-0.2, -0.15) is 0 Å². The maximum Gasteiger partial charge on any atom is 0.231 e. The minimum Gasteiger partial charge on any atom is -0.454 e. The number of ether oxygens (including phenoxy) is 2. The molecule has 4 heteroatoms. The van der Waals surface area contributed by atoms with Gasteiger partial charge in [0, 0.05) is 12.6 Å². The number of hydrogen-bond donors (Lipinski definition) is 1. The lowest BCUT2D eigenvalue weighted by Crippen LogP contribution is -2.82. The number of rotatable bonds is 9. The van der Waals surface area contributed by atoms with E-state index in [1.54, 1.807) is 0 Å². The number of nitrogens with zero attached hydrogens (tertiary/aromatic N) is 1. The summed E-state index contributed by atoms with van der Waals surface area (Å²) in [5.41, 5.74) is 2.51. The summed E-state index contributed by atoms with van der Waals surface area (Å²) in [6, 6.07) is 12.5. The monoisotopic (exact) mass is 341 g/mol. The van der Waals surface area contributed by atoms with Crippen LogP contribution in [0, 0.1) is 5.92 Å². The van der Waals surface area contributed by atoms with Crippen LogP contribution in [0.25, 0.3) is 0 Å². The van der Waals surface area contributed by atoms with Gasteiger partial charge < -0.3 is 14.8 Å². The number of nitrogens with two attached hydrogens (primary N) is 1. The molecule has 2 aromatic rings. The number of hydrogen-bond acceptors (Lipinski definition) is 3. The summed E-state index contributed by atoms with van der Waals surface area (Å²) in [7, 11) is 0. The third kappa shape index (κ3) is 5.20. The minimum absolute atomic E-state index is 0.341. The fourth-order valence-corrected chi connectivity index (χ4v) is 3.27. The summed E-state index contributed by atoms with van der Waals surface area (Å²) in [4.78, 5) is 4.39. The first-order valence-electron chi connectivity index (χ1n) is 9.33. The molecule has 25 heavy (non-hydrogen) atoms. The van der Waals surface area contributed by atoms with E-state index in [-0.39, 0.29) is 0 Å². The standard InChI is InChI=1S/C21H28N2O2/c1-16(2)6-7-17(10-12-22-14-19-5-3-4-11-23-19)18-8-9-20-21(13-18)25-15-24-20/h3-5,8-9,11,13,16-17,22H,6-7,10,12,14-15H2,1-2H3/p+1/t17-/m0/s1. The van der Waals surface area contributed by atoms with Gasteiger partial charge in [0.05, 0.1) is 12.2 Å². The average Bonchev–Trinajstić information content (AvgIpc) is 3.09. The van der Waals surface area contributed by atoms with E-state index < -0.39 is 0 Å². The van der Waals surface area contributed by atoms with E-state index in [0.29, 0.717) is 12.7 Å². The fraction of sp³-hybridized carbons (Fsp3) is 0.476. The minimum atomic E-state index is 0.341. The highest BCUT2D eigenvalue weighted by Crippen LogP contribution is 2.36. The van der Waals surface area contributed by atoms with Gasteiger partial charge in [0.2, 0.25) is 6.79 Å². The van der Waals surface area contributed by atoms with Gasteiger partial charge in [0.15, 0.2) is 11.5 Å². The van der Waals surface area contributed by atoms with Crippen molar-refractivity contribution in [2.75, 3.05) is 13.3 Å². The smallest absolute Gasteiger partial charge is 0.231 e. The molecule has 0 aliphatic carbocycles. The van der Waals surface area contributed by atoms with Crippen molar-refractivity contribution in [3.05, 3.63) is 53.9 Å². The molecule has 0 saturated heterocycles. The fourth-order valence-electron chi connectivity index (χ4n) is 3.27. The van der Waals surface area contributed by atoms with Crippen LogP contribution in [0.5, 0.6) is 11.5 Å². The van der Waals surface area contributed by atoms with E-state index in [2.05, 4.69) is 48.4 Å². The number of quaternary nitrogens is 1. The van der Waals surface area contributed by atoms with E-state index >= 15 is 0 Å². The summed E-state index contributed by atoms with van der Waals surface area (Å²) in [5.74, 6) is 3.06. The first-order valence-corrected chi connectivity index (χ1v) is 9.33. The first kappa shape index (κ1) is 17.7. The zero-order chi connectivity index (χ0) is 17.5. The molecule has 1 atom stereocenters. The van der Waals surface area contributed by atoms with E-state index in [1.807, 2.05) is 18.3 Å². The Morgan fingerprint density at radius 1 is 1.04 bits per heavy atom. The van der Waals surface area contributed by atoms with Crippen molar-refractivity contribution < 1.29 is 14.8 Å². The molecule has 2 N–H and O–H groups in total. The van der Waals surface area contributed by atoms with Crippen molar-refractivity contribution in [3.8, 4) is 11.5 Å². The van der Waals surface area contributed by atoms with E-state index in [4.69, 9.17) is 9.47 Å². The SMILES string of the molecule is CC(C)CC[C@@H](CC[NH2+]Cc1ccccn1)c1ccc2c(c1)OCO2. The largest absolute Gasteiger partial charge is 0.454 e. The highest BCUT2D eigenvalue weighted by atomic mass is 16.7. The molecule has 1 aliphatic heterocycles. The number of pyridine rings is 1. The van der Waals surface area contributed by atoms with Crippen molar-refractivity contribution in [2.24, 2.45) is 5.92 Å². The van der Waals surface area contributed by atoms with E-state index in [9.17, 15) is 0 Å². The topological polar surface area (TPSA) is 48.0 Å². The van der Waals surface area contributed by atoms with Crippen LogP contribution in [0.4, 0.5) is 0 Å². The Kier molecular flexibility index (Phi) is 6.29. The quantitative estimate of drug-likeness (QED) is 0.710. The molecule has 2 heterocycles. The van der Waals surface area contributed by atoms with Crippen LogP contribution in [0.1, 0.15) is 50.3 Å². The van der Waals surface area contributed by atoms with Crippen molar-refractivity contribution in [3.63, 3.8) is 0 Å². The highest BCUT2D eigenvalue weighted by Gasteiger charge is 2.19. The maximum absolute atomic E-state index is 5.56. The molecule has 0 bridgehead atoms. The van der Waals surface area contributed by atoms with Crippen LogP contribution in [-0.2, 0) is 6.54 Å². The molecule has 0 unspecified atom stereocenters. The molecule has 0 radical (unpaired) electrons. The van der Waals surface area contributed by atoms with Crippen LogP contribution in [0.3, 0.4) is 0 Å². The van der Waals surface area contributed by atoms with Gasteiger partial charge >= 0.3 is 0 Å². The summed E-state index contributed by atoms with van der Waals surface area (Å²) < 4.78 is 11.0. The van der Waals surface area contributed by atoms with Gasteiger partial charge in [0.25, 0.3) is 0 Å². The highest BCUT2D eigenvalue weighted by molar-refractivity contribution is 5.45. The van der Waals surface area contributed by atoms with Gasteiger partial charge in [-0.3, -0.25) is 4.98 Å². The first-order chi connectivity index (χ1) is 12.2. The molecule has 1 aliphatic rings. The molecule has 0 amide bonds. The van der Waals surface area contributed by atoms with Crippen LogP contribution < -0.4 is 14.8 Å². The molecule has 4 nitrogen and oxygen atoms in total. The van der Waals surface area contributed by atoms with Gasteiger partial charge in [-0.15, -0.1) is 0 Å². The molecule has 0 fully saturated rings. The molecule has 0 saturated carbocycles. The zero-order valence-electron chi connectivity index (χ0n) is 15.3. The van der Waals surface area contributed by atoms with Crippen molar-refractivity contribution in [2.45, 2.75) is 45.6 Å². The van der Waals surface area contributed by atoms with Gasteiger partial charge in [-0.05, 0) is 48.1 Å². The molecular formula is C21H29N2O2+. The lowest BCUT2D eigenvalue weighted by molar-refractivity contribution is -0.671. The molecule has 1 aromatic carbocycles. The predicted molar refractivity (Wildman–Crippen MR) is 98.7 cm³/mol. The third-order valence-electron chi connectivity index (χ3n) is 4.76. The van der Waals surface area contributed by atoms with E-state index in [1.165, 1.54) is 24.8 Å². The number of aromatic nitrogens is 1. The second-order valence-electron chi connectivity index (χ2n) is 7.17. The van der Waals surface area contributed by atoms with Crippen molar-refractivity contribution >= 4 is 0 Å². The second kappa shape index (κ2) is 8.86. The lowest BCUT2D eigenvalue weighted by Gasteiger charge is -2.18. The lowest BCUT2D eigenvalue weighted by atomic mass is 9.88. The molecule has 1 aromatic heterocycles. The molecule has 0 spiro atoms. The number of fused-ring (bicyclic) bond motifs is 1. The van der Waals surface area contributed by atoms with Crippen LogP contribution >= 0.6 is 0 Å². The average molecular weight is 341 g/mol. The Morgan fingerprint density at radius 2 is 1.92 bits per heavy atom. The Bertz CT molecular complexity index is 658. The Hall–Kier alpha value is -2.07. The zero-order valence-corrected chi connectivity index (χ0v) is 15.3. The van der Waals surface area contributed by atoms with Gasteiger partial charge in [-0.1, -0.05) is 32.4 Å². The van der Waals surface area contributed by atoms with Crippen molar-refractivity contribution in [1.82, 2.24) is 4.98 Å². The molecule has 3 rings (SSSR count). The van der Waals surface area contributed by atoms with E-state index in [0.717, 1.165) is 36.2 Å². The van der Waals surface area contributed by atoms with Crippen LogP contribution in [0.15, 0.2) is 42.6 Å². The predicted octanol–water partition coefficient (Wildman–Crippen LogP) is 3.48.